The van der Waals surface area contributed by atoms with Gasteiger partial charge in [-0.3, -0.25) is 14.1 Å². The van der Waals surface area contributed by atoms with Crippen LogP contribution in [0.4, 0.5) is 18.9 Å². The van der Waals surface area contributed by atoms with E-state index < -0.39 is 32.9 Å². The van der Waals surface area contributed by atoms with Crippen molar-refractivity contribution < 1.29 is 26.4 Å². The standard InChI is InChI=1S/C23H28F3N3O3S/c24-23(25,26)20-5-1-2-6-21(20)29(15-3-4-17-11-13-28-14-12-17)33(31,32)19-9-7-18(8-10-19)16-22(27)30/h1-2,5-6,11-14,18-19H,3-4,7-10,15-16H2,(H2,27,30). The summed E-state index contributed by atoms with van der Waals surface area (Å²) in [6, 6.07) is 8.38. The summed E-state index contributed by atoms with van der Waals surface area (Å²) in [5, 5.41) is -0.802. The molecular formula is C23H28F3N3O3S. The summed E-state index contributed by atoms with van der Waals surface area (Å²) in [6.45, 7) is -0.0705. The number of amides is 1. The Morgan fingerprint density at radius 2 is 1.70 bits per heavy atom. The third-order valence-corrected chi connectivity index (χ3v) is 8.37. The van der Waals surface area contributed by atoms with Crippen molar-refractivity contribution >= 4 is 21.6 Å². The van der Waals surface area contributed by atoms with Crippen molar-refractivity contribution in [1.29, 1.82) is 0 Å². The molecule has 0 spiro atoms. The van der Waals surface area contributed by atoms with Crippen LogP contribution in [-0.4, -0.2) is 31.1 Å². The summed E-state index contributed by atoms with van der Waals surface area (Å²) in [5.74, 6) is -0.422. The van der Waals surface area contributed by atoms with E-state index in [0.717, 1.165) is 15.9 Å². The van der Waals surface area contributed by atoms with Crippen LogP contribution >= 0.6 is 0 Å². The van der Waals surface area contributed by atoms with Crippen LogP contribution in [-0.2, 0) is 27.4 Å². The molecule has 2 aromatic rings. The zero-order valence-corrected chi connectivity index (χ0v) is 19.0. The Hall–Kier alpha value is -2.62. The highest BCUT2D eigenvalue weighted by Crippen LogP contribution is 2.40. The number of halogens is 3. The molecule has 33 heavy (non-hydrogen) atoms. The lowest BCUT2D eigenvalue weighted by atomic mass is 9.86. The maximum absolute atomic E-state index is 13.7. The molecule has 0 saturated heterocycles. The smallest absolute Gasteiger partial charge is 0.370 e. The van der Waals surface area contributed by atoms with Crippen LogP contribution in [0.15, 0.2) is 48.8 Å². The third-order valence-electron chi connectivity index (χ3n) is 6.07. The molecule has 1 amide bonds. The van der Waals surface area contributed by atoms with Crippen LogP contribution in [0.25, 0.3) is 0 Å². The number of anilines is 1. The number of primary amides is 1. The van der Waals surface area contributed by atoms with E-state index in [1.807, 2.05) is 0 Å². The van der Waals surface area contributed by atoms with Crippen molar-refractivity contribution in [2.24, 2.45) is 11.7 Å². The van der Waals surface area contributed by atoms with Gasteiger partial charge in [0.05, 0.1) is 16.5 Å². The Labute approximate surface area is 192 Å². The van der Waals surface area contributed by atoms with Gasteiger partial charge in [-0.25, -0.2) is 8.42 Å². The minimum absolute atomic E-state index is 0.0107. The minimum atomic E-state index is -4.69. The van der Waals surface area contributed by atoms with Gasteiger partial charge in [0, 0.05) is 25.4 Å². The van der Waals surface area contributed by atoms with Gasteiger partial charge < -0.3 is 5.73 Å². The number of aromatic nitrogens is 1. The number of carbonyl (C=O) groups is 1. The third kappa shape index (κ3) is 6.46. The van der Waals surface area contributed by atoms with E-state index in [9.17, 15) is 26.4 Å². The van der Waals surface area contributed by atoms with Crippen LogP contribution in [0.2, 0.25) is 0 Å². The molecule has 0 atom stereocenters. The van der Waals surface area contributed by atoms with Crippen molar-refractivity contribution in [2.45, 2.75) is 56.4 Å². The average molecular weight is 484 g/mol. The highest BCUT2D eigenvalue weighted by molar-refractivity contribution is 7.93. The van der Waals surface area contributed by atoms with Gasteiger partial charge in [-0.2, -0.15) is 13.2 Å². The Kier molecular flexibility index (Phi) is 7.99. The predicted molar refractivity (Wildman–Crippen MR) is 120 cm³/mol. The minimum Gasteiger partial charge on any atom is -0.370 e. The highest BCUT2D eigenvalue weighted by atomic mass is 32.2. The molecule has 6 nitrogen and oxygen atoms in total. The van der Waals surface area contributed by atoms with Crippen molar-refractivity contribution in [2.75, 3.05) is 10.8 Å². The van der Waals surface area contributed by atoms with Gasteiger partial charge >= 0.3 is 6.18 Å². The molecule has 1 aliphatic carbocycles. The summed E-state index contributed by atoms with van der Waals surface area (Å²) < 4.78 is 69.3. The number of nitrogens with two attached hydrogens (primary N) is 1. The van der Waals surface area contributed by atoms with Crippen LogP contribution in [0, 0.1) is 5.92 Å². The van der Waals surface area contributed by atoms with Crippen molar-refractivity contribution in [3.63, 3.8) is 0 Å². The van der Waals surface area contributed by atoms with Crippen LogP contribution in [0.1, 0.15) is 49.7 Å². The van der Waals surface area contributed by atoms with Crippen molar-refractivity contribution in [3.05, 3.63) is 59.9 Å². The number of carbonyl (C=O) groups excluding carboxylic acids is 1. The van der Waals surface area contributed by atoms with Crippen LogP contribution < -0.4 is 10.0 Å². The number of benzene rings is 1. The van der Waals surface area contributed by atoms with E-state index >= 15 is 0 Å². The summed E-state index contributed by atoms with van der Waals surface area (Å²) in [5.41, 5.74) is 4.86. The molecule has 0 aliphatic heterocycles. The predicted octanol–water partition coefficient (Wildman–Crippen LogP) is 4.30. The molecule has 0 bridgehead atoms. The summed E-state index contributed by atoms with van der Waals surface area (Å²) in [4.78, 5) is 15.1. The number of sulfonamides is 1. The first-order valence-electron chi connectivity index (χ1n) is 10.9. The first kappa shape index (κ1) is 25.0. The Balaban J connectivity index is 1.86. The summed E-state index contributed by atoms with van der Waals surface area (Å²) in [7, 11) is -4.06. The second-order valence-corrected chi connectivity index (χ2v) is 10.5. The molecule has 0 radical (unpaired) electrons. The second-order valence-electron chi connectivity index (χ2n) is 8.40. The molecule has 1 heterocycles. The molecule has 1 aromatic carbocycles. The van der Waals surface area contributed by atoms with Crippen LogP contribution in [0.5, 0.6) is 0 Å². The molecule has 1 saturated carbocycles. The zero-order chi connectivity index (χ0) is 24.1. The maximum atomic E-state index is 13.7. The fourth-order valence-electron chi connectivity index (χ4n) is 4.39. The van der Waals surface area contributed by atoms with Gasteiger partial charge in [-0.05, 0) is 74.3 Å². The number of para-hydroxylation sites is 1. The summed E-state index contributed by atoms with van der Waals surface area (Å²) >= 11 is 0. The molecule has 10 heteroatoms. The maximum Gasteiger partial charge on any atom is 0.418 e. The Morgan fingerprint density at radius 1 is 1.06 bits per heavy atom. The number of alkyl halides is 3. The van der Waals surface area contributed by atoms with E-state index in [0.29, 0.717) is 25.7 Å². The fourth-order valence-corrected chi connectivity index (χ4v) is 6.43. The van der Waals surface area contributed by atoms with E-state index in [1.165, 1.54) is 18.2 Å². The van der Waals surface area contributed by atoms with Gasteiger partial charge in [0.15, 0.2) is 0 Å². The van der Waals surface area contributed by atoms with Gasteiger partial charge in [0.1, 0.15) is 0 Å². The SMILES string of the molecule is NC(=O)CC1CCC(S(=O)(=O)N(CCCc2ccncc2)c2ccccc2C(F)(F)F)CC1. The molecule has 2 N–H and O–H groups in total. The van der Waals surface area contributed by atoms with E-state index in [4.69, 9.17) is 5.73 Å². The first-order chi connectivity index (χ1) is 15.6. The molecule has 3 rings (SSSR count). The van der Waals surface area contributed by atoms with Crippen LogP contribution in [0.3, 0.4) is 0 Å². The fraction of sp³-hybridized carbons (Fsp3) is 0.478. The monoisotopic (exact) mass is 483 g/mol. The lowest BCUT2D eigenvalue weighted by Crippen LogP contribution is -2.42. The second kappa shape index (κ2) is 10.5. The van der Waals surface area contributed by atoms with Gasteiger partial charge in [0.2, 0.25) is 15.9 Å². The number of hydrogen-bond donors (Lipinski definition) is 1. The lowest BCUT2D eigenvalue weighted by molar-refractivity contribution is -0.137. The Bertz CT molecular complexity index is 1040. The van der Waals surface area contributed by atoms with E-state index in [1.54, 1.807) is 24.5 Å². The van der Waals surface area contributed by atoms with Crippen molar-refractivity contribution in [1.82, 2.24) is 4.98 Å². The molecule has 1 fully saturated rings. The van der Waals surface area contributed by atoms with Gasteiger partial charge in [0.25, 0.3) is 0 Å². The topological polar surface area (TPSA) is 93.4 Å². The van der Waals surface area contributed by atoms with Gasteiger partial charge in [-0.15, -0.1) is 0 Å². The quantitative estimate of drug-likeness (QED) is 0.575. The first-order valence-corrected chi connectivity index (χ1v) is 12.4. The highest BCUT2D eigenvalue weighted by Gasteiger charge is 2.40. The normalized spacial score (nSPS) is 19.2. The molecule has 1 aromatic heterocycles. The molecular weight excluding hydrogens is 455 g/mol. The van der Waals surface area contributed by atoms with Crippen molar-refractivity contribution in [3.8, 4) is 0 Å². The van der Waals surface area contributed by atoms with E-state index in [-0.39, 0.29) is 37.4 Å². The molecule has 1 aliphatic rings. The largest absolute Gasteiger partial charge is 0.418 e. The average Bonchev–Trinajstić information content (AvgIpc) is 2.77. The number of pyridine rings is 1. The Morgan fingerprint density at radius 3 is 2.30 bits per heavy atom. The zero-order valence-electron chi connectivity index (χ0n) is 18.2. The molecule has 180 valence electrons. The summed E-state index contributed by atoms with van der Waals surface area (Å²) in [6.07, 6.45) is 1.18. The number of rotatable bonds is 9. The molecule has 0 unspecified atom stereocenters. The lowest BCUT2D eigenvalue weighted by Gasteiger charge is -2.34. The number of hydrogen-bond acceptors (Lipinski definition) is 4. The number of aryl methyl sites for hydroxylation is 1. The van der Waals surface area contributed by atoms with Gasteiger partial charge in [-0.1, -0.05) is 12.1 Å². The number of nitrogens with zero attached hydrogens (tertiary/aromatic N) is 2. The van der Waals surface area contributed by atoms with E-state index in [2.05, 4.69) is 4.98 Å².